The Bertz CT molecular complexity index is 462. The van der Waals surface area contributed by atoms with E-state index in [9.17, 15) is 0 Å². The van der Waals surface area contributed by atoms with Gasteiger partial charge in [-0.15, -0.1) is 5.92 Å². The second-order valence-electron chi connectivity index (χ2n) is 5.41. The molecule has 19 heavy (non-hydrogen) atoms. The number of benzene rings is 1. The third kappa shape index (κ3) is 4.03. The van der Waals surface area contributed by atoms with Gasteiger partial charge in [0.25, 0.3) is 0 Å². The third-order valence-corrected chi connectivity index (χ3v) is 3.66. The fourth-order valence-corrected chi connectivity index (χ4v) is 2.16. The van der Waals surface area contributed by atoms with Gasteiger partial charge in [-0.1, -0.05) is 52.7 Å². The summed E-state index contributed by atoms with van der Waals surface area (Å²) in [6.07, 6.45) is 0.927. The van der Waals surface area contributed by atoms with Crippen LogP contribution in [0.3, 0.4) is 0 Å². The van der Waals surface area contributed by atoms with Crippen molar-refractivity contribution in [3.8, 4) is 17.6 Å². The first-order valence-corrected chi connectivity index (χ1v) is 7.17. The van der Waals surface area contributed by atoms with Crippen molar-refractivity contribution in [1.29, 1.82) is 0 Å². The molecule has 104 valence electrons. The SMILES string of the molecule is CCC#CC(C)C(C)c1ccc(OC)c(C(C)C)c1. The highest BCUT2D eigenvalue weighted by atomic mass is 16.5. The predicted octanol–water partition coefficient (Wildman–Crippen LogP) is 4.97. The molecule has 0 fully saturated rings. The van der Waals surface area contributed by atoms with Crippen molar-refractivity contribution in [2.75, 3.05) is 7.11 Å². The highest BCUT2D eigenvalue weighted by Crippen LogP contribution is 2.32. The molecule has 1 aromatic carbocycles. The zero-order chi connectivity index (χ0) is 14.4. The van der Waals surface area contributed by atoms with E-state index in [2.05, 4.69) is 64.7 Å². The van der Waals surface area contributed by atoms with Crippen LogP contribution in [0.15, 0.2) is 18.2 Å². The van der Waals surface area contributed by atoms with Crippen molar-refractivity contribution >= 4 is 0 Å². The molecule has 0 radical (unpaired) electrons. The minimum absolute atomic E-state index is 0.383. The Morgan fingerprint density at radius 1 is 1.16 bits per heavy atom. The summed E-state index contributed by atoms with van der Waals surface area (Å²) in [4.78, 5) is 0. The van der Waals surface area contributed by atoms with Crippen LogP contribution in [0, 0.1) is 17.8 Å². The Morgan fingerprint density at radius 3 is 2.37 bits per heavy atom. The quantitative estimate of drug-likeness (QED) is 0.693. The average Bonchev–Trinajstić information content (AvgIpc) is 2.42. The van der Waals surface area contributed by atoms with Crippen molar-refractivity contribution in [2.24, 2.45) is 5.92 Å². The third-order valence-electron chi connectivity index (χ3n) is 3.66. The van der Waals surface area contributed by atoms with E-state index in [0.717, 1.165) is 12.2 Å². The second-order valence-corrected chi connectivity index (χ2v) is 5.41. The van der Waals surface area contributed by atoms with Crippen LogP contribution in [0.25, 0.3) is 0 Å². The van der Waals surface area contributed by atoms with Gasteiger partial charge in [-0.3, -0.25) is 0 Å². The van der Waals surface area contributed by atoms with Gasteiger partial charge in [0.1, 0.15) is 5.75 Å². The maximum Gasteiger partial charge on any atom is 0.122 e. The van der Waals surface area contributed by atoms with Gasteiger partial charge in [0.2, 0.25) is 0 Å². The zero-order valence-electron chi connectivity index (χ0n) is 13.1. The molecule has 0 bridgehead atoms. The van der Waals surface area contributed by atoms with Crippen LogP contribution in [-0.2, 0) is 0 Å². The first-order chi connectivity index (χ1) is 9.01. The van der Waals surface area contributed by atoms with Gasteiger partial charge in [-0.25, -0.2) is 0 Å². The Balaban J connectivity index is 3.04. The summed E-state index contributed by atoms with van der Waals surface area (Å²) in [5.41, 5.74) is 2.63. The molecule has 1 heteroatoms. The van der Waals surface area contributed by atoms with Crippen LogP contribution in [0.5, 0.6) is 5.75 Å². The van der Waals surface area contributed by atoms with E-state index in [-0.39, 0.29) is 0 Å². The first-order valence-electron chi connectivity index (χ1n) is 7.17. The van der Waals surface area contributed by atoms with Gasteiger partial charge in [-0.2, -0.15) is 0 Å². The van der Waals surface area contributed by atoms with Gasteiger partial charge < -0.3 is 4.74 Å². The molecule has 0 N–H and O–H groups in total. The monoisotopic (exact) mass is 258 g/mol. The smallest absolute Gasteiger partial charge is 0.122 e. The lowest BCUT2D eigenvalue weighted by molar-refractivity contribution is 0.407. The molecule has 1 rings (SSSR count). The van der Waals surface area contributed by atoms with E-state index < -0.39 is 0 Å². The van der Waals surface area contributed by atoms with Crippen molar-refractivity contribution in [3.63, 3.8) is 0 Å². The molecule has 1 nitrogen and oxygen atoms in total. The topological polar surface area (TPSA) is 9.23 Å². The number of hydrogen-bond donors (Lipinski definition) is 0. The van der Waals surface area contributed by atoms with E-state index >= 15 is 0 Å². The highest BCUT2D eigenvalue weighted by Gasteiger charge is 2.15. The van der Waals surface area contributed by atoms with Crippen LogP contribution >= 0.6 is 0 Å². The minimum atomic E-state index is 0.383. The standard InChI is InChI=1S/C18H26O/c1-7-8-9-14(4)15(5)16-10-11-18(19-6)17(12-16)13(2)3/h10-15H,7H2,1-6H3. The van der Waals surface area contributed by atoms with E-state index in [1.165, 1.54) is 11.1 Å². The van der Waals surface area contributed by atoms with Gasteiger partial charge >= 0.3 is 0 Å². The van der Waals surface area contributed by atoms with Gasteiger partial charge in [0.05, 0.1) is 7.11 Å². The zero-order valence-corrected chi connectivity index (χ0v) is 13.1. The maximum atomic E-state index is 5.44. The van der Waals surface area contributed by atoms with Crippen LogP contribution in [0.4, 0.5) is 0 Å². The fourth-order valence-electron chi connectivity index (χ4n) is 2.16. The first kappa shape index (κ1) is 15.6. The maximum absolute atomic E-state index is 5.44. The molecule has 1 aromatic rings. The summed E-state index contributed by atoms with van der Waals surface area (Å²) in [6, 6.07) is 6.53. The van der Waals surface area contributed by atoms with Crippen LogP contribution in [0.2, 0.25) is 0 Å². The largest absolute Gasteiger partial charge is 0.496 e. The lowest BCUT2D eigenvalue weighted by Crippen LogP contribution is -2.05. The van der Waals surface area contributed by atoms with Crippen molar-refractivity contribution in [1.82, 2.24) is 0 Å². The van der Waals surface area contributed by atoms with Crippen molar-refractivity contribution < 1.29 is 4.74 Å². The molecule has 0 heterocycles. The van der Waals surface area contributed by atoms with E-state index in [0.29, 0.717) is 17.8 Å². The summed E-state index contributed by atoms with van der Waals surface area (Å²) in [5.74, 6) is 8.80. The van der Waals surface area contributed by atoms with Crippen molar-refractivity contribution in [2.45, 2.75) is 52.9 Å². The molecule has 0 amide bonds. The molecule has 0 saturated heterocycles. The molecular formula is C18H26O. The fraction of sp³-hybridized carbons (Fsp3) is 0.556. The van der Waals surface area contributed by atoms with E-state index in [1.807, 2.05) is 0 Å². The summed E-state index contributed by atoms with van der Waals surface area (Å²) in [6.45, 7) is 10.9. The molecule has 0 aromatic heterocycles. The molecule has 2 unspecified atom stereocenters. The van der Waals surface area contributed by atoms with E-state index in [1.54, 1.807) is 7.11 Å². The lowest BCUT2D eigenvalue weighted by Gasteiger charge is -2.19. The second kappa shape index (κ2) is 7.24. The summed E-state index contributed by atoms with van der Waals surface area (Å²) >= 11 is 0. The molecule has 0 spiro atoms. The average molecular weight is 258 g/mol. The Morgan fingerprint density at radius 2 is 1.84 bits per heavy atom. The molecular weight excluding hydrogens is 232 g/mol. The van der Waals surface area contributed by atoms with Crippen LogP contribution in [-0.4, -0.2) is 7.11 Å². The Labute approximate surface area is 118 Å². The van der Waals surface area contributed by atoms with Gasteiger partial charge in [0.15, 0.2) is 0 Å². The lowest BCUT2D eigenvalue weighted by atomic mass is 9.87. The predicted molar refractivity (Wildman–Crippen MR) is 82.7 cm³/mol. The molecule has 0 aliphatic rings. The number of ether oxygens (including phenoxy) is 1. The minimum Gasteiger partial charge on any atom is -0.496 e. The molecule has 0 aliphatic carbocycles. The Hall–Kier alpha value is -1.42. The molecule has 2 atom stereocenters. The molecule has 0 aliphatic heterocycles. The van der Waals surface area contributed by atoms with Crippen LogP contribution in [0.1, 0.15) is 64.0 Å². The normalized spacial score (nSPS) is 13.6. The number of hydrogen-bond acceptors (Lipinski definition) is 1. The Kier molecular flexibility index (Phi) is 5.96. The summed E-state index contributed by atoms with van der Waals surface area (Å²) < 4.78 is 5.44. The van der Waals surface area contributed by atoms with Crippen molar-refractivity contribution in [3.05, 3.63) is 29.3 Å². The summed E-state index contributed by atoms with van der Waals surface area (Å²) in [5, 5.41) is 0. The number of rotatable bonds is 4. The van der Waals surface area contributed by atoms with Crippen LogP contribution < -0.4 is 4.74 Å². The van der Waals surface area contributed by atoms with E-state index in [4.69, 9.17) is 4.74 Å². The highest BCUT2D eigenvalue weighted by molar-refractivity contribution is 5.40. The van der Waals surface area contributed by atoms with Gasteiger partial charge in [0, 0.05) is 12.3 Å². The molecule has 0 saturated carbocycles. The van der Waals surface area contributed by atoms with Gasteiger partial charge in [-0.05, 0) is 29.0 Å². The number of methoxy groups -OCH3 is 1. The summed E-state index contributed by atoms with van der Waals surface area (Å²) in [7, 11) is 1.74.